The Bertz CT molecular complexity index is 518. The Kier molecular flexibility index (Phi) is 5.52. The standard InChI is InChI=1S/C15H18FNO2S/c1-17(15-7-3-2-6-14(15)16)9-12(18)10-19-11-13-5-4-8-20-13/h2-8,12,18H,9-11H2,1H3. The number of anilines is 1. The van der Waals surface area contributed by atoms with Gasteiger partial charge >= 0.3 is 0 Å². The van der Waals surface area contributed by atoms with Crippen molar-refractivity contribution >= 4 is 17.0 Å². The van der Waals surface area contributed by atoms with E-state index in [-0.39, 0.29) is 12.4 Å². The quantitative estimate of drug-likeness (QED) is 0.852. The molecule has 1 atom stereocenters. The summed E-state index contributed by atoms with van der Waals surface area (Å²) >= 11 is 1.62. The van der Waals surface area contributed by atoms with Crippen LogP contribution in [-0.2, 0) is 11.3 Å². The Morgan fingerprint density at radius 2 is 2.10 bits per heavy atom. The molecule has 2 rings (SSSR count). The fourth-order valence-corrected chi connectivity index (χ4v) is 2.56. The molecule has 0 fully saturated rings. The molecule has 0 aliphatic carbocycles. The smallest absolute Gasteiger partial charge is 0.146 e. The lowest BCUT2D eigenvalue weighted by Gasteiger charge is -2.23. The Balaban J connectivity index is 1.76. The first-order valence-electron chi connectivity index (χ1n) is 6.40. The monoisotopic (exact) mass is 295 g/mol. The Labute approximate surface area is 122 Å². The summed E-state index contributed by atoms with van der Waals surface area (Å²) in [7, 11) is 1.75. The number of ether oxygens (including phenoxy) is 1. The molecule has 1 aromatic heterocycles. The number of likely N-dealkylation sites (N-methyl/N-ethyl adjacent to an activating group) is 1. The van der Waals surface area contributed by atoms with Gasteiger partial charge < -0.3 is 14.7 Å². The van der Waals surface area contributed by atoms with E-state index < -0.39 is 6.10 Å². The third-order valence-corrected chi connectivity index (χ3v) is 3.73. The summed E-state index contributed by atoms with van der Waals surface area (Å²) in [5, 5.41) is 11.9. The molecular formula is C15H18FNO2S. The minimum atomic E-state index is -0.653. The van der Waals surface area contributed by atoms with Gasteiger partial charge in [0.05, 0.1) is 25.0 Å². The number of aliphatic hydroxyl groups excluding tert-OH is 1. The van der Waals surface area contributed by atoms with Crippen molar-refractivity contribution in [1.29, 1.82) is 0 Å². The zero-order valence-corrected chi connectivity index (χ0v) is 12.1. The number of rotatable bonds is 7. The van der Waals surface area contributed by atoms with E-state index in [9.17, 15) is 9.50 Å². The molecule has 1 N–H and O–H groups in total. The van der Waals surface area contributed by atoms with Crippen LogP contribution in [0.5, 0.6) is 0 Å². The van der Waals surface area contributed by atoms with E-state index in [0.717, 1.165) is 4.88 Å². The molecule has 3 nitrogen and oxygen atoms in total. The van der Waals surface area contributed by atoms with Gasteiger partial charge in [-0.3, -0.25) is 0 Å². The maximum absolute atomic E-state index is 13.6. The van der Waals surface area contributed by atoms with E-state index in [1.807, 2.05) is 17.5 Å². The van der Waals surface area contributed by atoms with Crippen LogP contribution in [0.3, 0.4) is 0 Å². The van der Waals surface area contributed by atoms with Crippen molar-refractivity contribution < 1.29 is 14.2 Å². The molecule has 0 radical (unpaired) electrons. The van der Waals surface area contributed by atoms with Gasteiger partial charge in [0.15, 0.2) is 0 Å². The highest BCUT2D eigenvalue weighted by atomic mass is 32.1. The summed E-state index contributed by atoms with van der Waals surface area (Å²) in [5.74, 6) is -0.290. The lowest BCUT2D eigenvalue weighted by molar-refractivity contribution is 0.0334. The minimum Gasteiger partial charge on any atom is -0.389 e. The molecule has 1 heterocycles. The van der Waals surface area contributed by atoms with Gasteiger partial charge in [-0.15, -0.1) is 11.3 Å². The van der Waals surface area contributed by atoms with E-state index >= 15 is 0 Å². The first-order valence-corrected chi connectivity index (χ1v) is 7.28. The molecule has 5 heteroatoms. The molecule has 0 spiro atoms. The average Bonchev–Trinajstić information content (AvgIpc) is 2.92. The Hall–Kier alpha value is -1.43. The van der Waals surface area contributed by atoms with Crippen LogP contribution < -0.4 is 4.90 Å². The van der Waals surface area contributed by atoms with Gasteiger partial charge in [0.2, 0.25) is 0 Å². The van der Waals surface area contributed by atoms with Crippen molar-refractivity contribution in [2.75, 3.05) is 25.1 Å². The lowest BCUT2D eigenvalue weighted by atomic mass is 10.2. The third-order valence-electron chi connectivity index (χ3n) is 2.88. The highest BCUT2D eigenvalue weighted by Crippen LogP contribution is 2.17. The van der Waals surface area contributed by atoms with E-state index in [1.54, 1.807) is 41.5 Å². The predicted molar refractivity (Wildman–Crippen MR) is 79.7 cm³/mol. The minimum absolute atomic E-state index is 0.233. The number of nitrogens with zero attached hydrogens (tertiary/aromatic N) is 1. The van der Waals surface area contributed by atoms with Crippen LogP contribution in [0.15, 0.2) is 41.8 Å². The fraction of sp³-hybridized carbons (Fsp3) is 0.333. The highest BCUT2D eigenvalue weighted by molar-refractivity contribution is 7.09. The maximum Gasteiger partial charge on any atom is 0.146 e. The van der Waals surface area contributed by atoms with Gasteiger partial charge in [-0.1, -0.05) is 18.2 Å². The third kappa shape index (κ3) is 4.30. The average molecular weight is 295 g/mol. The molecule has 0 aliphatic heterocycles. The number of hydrogen-bond acceptors (Lipinski definition) is 4. The SMILES string of the molecule is CN(CC(O)COCc1cccs1)c1ccccc1F. The molecule has 1 unspecified atom stereocenters. The number of thiophene rings is 1. The molecule has 0 saturated carbocycles. The van der Waals surface area contributed by atoms with Gasteiger partial charge in [-0.25, -0.2) is 4.39 Å². The molecule has 1 aromatic carbocycles. The van der Waals surface area contributed by atoms with E-state index in [2.05, 4.69) is 0 Å². The van der Waals surface area contributed by atoms with Crippen molar-refractivity contribution in [1.82, 2.24) is 0 Å². The van der Waals surface area contributed by atoms with Crippen LogP contribution in [-0.4, -0.2) is 31.4 Å². The molecule has 2 aromatic rings. The second-order valence-corrected chi connectivity index (χ2v) is 5.61. The topological polar surface area (TPSA) is 32.7 Å². The summed E-state index contributed by atoms with van der Waals surface area (Å²) in [6, 6.07) is 10.5. The molecular weight excluding hydrogens is 277 g/mol. The summed E-state index contributed by atoms with van der Waals surface area (Å²) in [5.41, 5.74) is 0.477. The Morgan fingerprint density at radius 1 is 1.30 bits per heavy atom. The van der Waals surface area contributed by atoms with E-state index in [4.69, 9.17) is 4.74 Å². The lowest BCUT2D eigenvalue weighted by Crippen LogP contribution is -2.32. The van der Waals surface area contributed by atoms with Crippen molar-refractivity contribution in [3.8, 4) is 0 Å². The fourth-order valence-electron chi connectivity index (χ4n) is 1.92. The summed E-state index contributed by atoms with van der Waals surface area (Å²) in [4.78, 5) is 2.81. The second-order valence-electron chi connectivity index (χ2n) is 4.58. The van der Waals surface area contributed by atoms with Gasteiger partial charge in [0, 0.05) is 18.5 Å². The van der Waals surface area contributed by atoms with Crippen LogP contribution in [0, 0.1) is 5.82 Å². The molecule has 0 aliphatic rings. The largest absolute Gasteiger partial charge is 0.389 e. The van der Waals surface area contributed by atoms with Gasteiger partial charge in [0.25, 0.3) is 0 Å². The van der Waals surface area contributed by atoms with Crippen molar-refractivity contribution in [3.05, 3.63) is 52.5 Å². The zero-order chi connectivity index (χ0) is 14.4. The molecule has 20 heavy (non-hydrogen) atoms. The van der Waals surface area contributed by atoms with Gasteiger partial charge in [-0.05, 0) is 23.6 Å². The highest BCUT2D eigenvalue weighted by Gasteiger charge is 2.12. The predicted octanol–water partition coefficient (Wildman–Crippen LogP) is 2.90. The summed E-state index contributed by atoms with van der Waals surface area (Å²) < 4.78 is 19.0. The molecule has 0 amide bonds. The van der Waals surface area contributed by atoms with Crippen LogP contribution in [0.4, 0.5) is 10.1 Å². The molecule has 108 valence electrons. The van der Waals surface area contributed by atoms with Crippen molar-refractivity contribution in [3.63, 3.8) is 0 Å². The normalized spacial score (nSPS) is 12.3. The molecule has 0 saturated heterocycles. The number of para-hydroxylation sites is 1. The number of hydrogen-bond donors (Lipinski definition) is 1. The first-order chi connectivity index (χ1) is 9.66. The first kappa shape index (κ1) is 15.0. The second kappa shape index (κ2) is 7.38. The van der Waals surface area contributed by atoms with Crippen LogP contribution in [0.1, 0.15) is 4.88 Å². The Morgan fingerprint density at radius 3 is 2.80 bits per heavy atom. The maximum atomic E-state index is 13.6. The van der Waals surface area contributed by atoms with Crippen LogP contribution >= 0.6 is 11.3 Å². The van der Waals surface area contributed by atoms with Crippen LogP contribution in [0.2, 0.25) is 0 Å². The number of aliphatic hydroxyl groups is 1. The van der Waals surface area contributed by atoms with E-state index in [1.165, 1.54) is 6.07 Å². The van der Waals surface area contributed by atoms with E-state index in [0.29, 0.717) is 18.8 Å². The summed E-state index contributed by atoms with van der Waals surface area (Å²) in [6.07, 6.45) is -0.653. The molecule has 0 bridgehead atoms. The zero-order valence-electron chi connectivity index (χ0n) is 11.3. The summed E-state index contributed by atoms with van der Waals surface area (Å²) in [6.45, 7) is 1.06. The number of halogens is 1. The van der Waals surface area contributed by atoms with Gasteiger partial charge in [0.1, 0.15) is 5.82 Å². The number of benzene rings is 1. The van der Waals surface area contributed by atoms with Crippen LogP contribution in [0.25, 0.3) is 0 Å². The van der Waals surface area contributed by atoms with Gasteiger partial charge in [-0.2, -0.15) is 0 Å². The van der Waals surface area contributed by atoms with Crippen molar-refractivity contribution in [2.24, 2.45) is 0 Å². The van der Waals surface area contributed by atoms with Crippen molar-refractivity contribution in [2.45, 2.75) is 12.7 Å².